The van der Waals surface area contributed by atoms with Crippen molar-refractivity contribution in [3.63, 3.8) is 0 Å². The molecule has 0 aromatic heterocycles. The van der Waals surface area contributed by atoms with Gasteiger partial charge >= 0.3 is 0 Å². The molecule has 0 saturated heterocycles. The minimum atomic E-state index is -2.12. The second kappa shape index (κ2) is 3.47. The Morgan fingerprint density at radius 3 is 2.15 bits per heavy atom. The molecular weight excluding hydrogens is 186 g/mol. The van der Waals surface area contributed by atoms with E-state index < -0.39 is 15.8 Å². The molecule has 0 aliphatic carbocycles. The highest BCUT2D eigenvalue weighted by Gasteiger charge is 2.20. The molecule has 72 valence electrons. The van der Waals surface area contributed by atoms with Crippen LogP contribution in [-0.2, 0) is 15.8 Å². The van der Waals surface area contributed by atoms with E-state index in [0.717, 1.165) is 5.56 Å². The fourth-order valence-electron chi connectivity index (χ4n) is 0.981. The molecule has 0 fully saturated rings. The summed E-state index contributed by atoms with van der Waals surface area (Å²) in [6, 6.07) is 6.85. The molecular formula is C9H12NO2S-. The Morgan fingerprint density at radius 1 is 1.31 bits per heavy atom. The van der Waals surface area contributed by atoms with Crippen LogP contribution in [-0.4, -0.2) is 8.76 Å². The van der Waals surface area contributed by atoms with Crippen molar-refractivity contribution < 1.29 is 8.76 Å². The Kier molecular flexibility index (Phi) is 2.73. The van der Waals surface area contributed by atoms with Gasteiger partial charge in [-0.05, 0) is 42.6 Å². The Balaban J connectivity index is 3.08. The van der Waals surface area contributed by atoms with Gasteiger partial charge in [-0.1, -0.05) is 12.1 Å². The third-order valence-corrected chi connectivity index (χ3v) is 3.09. The van der Waals surface area contributed by atoms with Gasteiger partial charge in [0.2, 0.25) is 0 Å². The van der Waals surface area contributed by atoms with E-state index in [4.69, 9.17) is 5.73 Å². The van der Waals surface area contributed by atoms with Gasteiger partial charge in [-0.3, -0.25) is 4.21 Å². The van der Waals surface area contributed by atoms with Crippen molar-refractivity contribution >= 4 is 16.8 Å². The highest BCUT2D eigenvalue weighted by molar-refractivity contribution is 7.80. The van der Waals surface area contributed by atoms with Crippen molar-refractivity contribution in [1.82, 2.24) is 0 Å². The summed E-state index contributed by atoms with van der Waals surface area (Å²) in [6.07, 6.45) is 0. The van der Waals surface area contributed by atoms with Crippen molar-refractivity contribution in [2.24, 2.45) is 0 Å². The fraction of sp³-hybridized carbons (Fsp3) is 0.333. The van der Waals surface area contributed by atoms with Crippen LogP contribution in [0.15, 0.2) is 24.3 Å². The Labute approximate surface area is 80.2 Å². The van der Waals surface area contributed by atoms with Crippen LogP contribution >= 0.6 is 0 Å². The SMILES string of the molecule is CC(C)(c1ccc(N)cc1)S(=O)[O-]. The van der Waals surface area contributed by atoms with Crippen LogP contribution in [0.1, 0.15) is 19.4 Å². The number of benzene rings is 1. The zero-order valence-corrected chi connectivity index (χ0v) is 8.43. The van der Waals surface area contributed by atoms with E-state index in [0.29, 0.717) is 5.69 Å². The largest absolute Gasteiger partial charge is 0.772 e. The molecule has 0 saturated carbocycles. The summed E-state index contributed by atoms with van der Waals surface area (Å²) in [4.78, 5) is 0. The van der Waals surface area contributed by atoms with Gasteiger partial charge < -0.3 is 10.3 Å². The van der Waals surface area contributed by atoms with Crippen LogP contribution in [0, 0.1) is 0 Å². The number of nitrogen functional groups attached to an aromatic ring is 1. The maximum atomic E-state index is 10.9. The van der Waals surface area contributed by atoms with Crippen LogP contribution in [0.3, 0.4) is 0 Å². The highest BCUT2D eigenvalue weighted by atomic mass is 32.2. The van der Waals surface area contributed by atoms with Crippen molar-refractivity contribution in [1.29, 1.82) is 0 Å². The zero-order valence-electron chi connectivity index (χ0n) is 7.61. The van der Waals surface area contributed by atoms with Gasteiger partial charge in [0.25, 0.3) is 0 Å². The van der Waals surface area contributed by atoms with Gasteiger partial charge in [-0.2, -0.15) is 0 Å². The molecule has 0 aliphatic rings. The molecule has 3 nitrogen and oxygen atoms in total. The standard InChI is InChI=1S/C9H13NO2S/c1-9(2,13(11)12)7-3-5-8(10)6-4-7/h3-6H,10H2,1-2H3,(H,11,12)/p-1. The number of rotatable bonds is 2. The lowest BCUT2D eigenvalue weighted by Gasteiger charge is -2.27. The summed E-state index contributed by atoms with van der Waals surface area (Å²) in [5.74, 6) is 0. The van der Waals surface area contributed by atoms with Gasteiger partial charge in [0.05, 0.1) is 4.75 Å². The zero-order chi connectivity index (χ0) is 10.1. The minimum Gasteiger partial charge on any atom is -0.772 e. The fourth-order valence-corrected chi connectivity index (χ4v) is 1.31. The molecule has 1 aromatic carbocycles. The van der Waals surface area contributed by atoms with Gasteiger partial charge in [-0.25, -0.2) is 0 Å². The molecule has 0 amide bonds. The molecule has 2 N–H and O–H groups in total. The van der Waals surface area contributed by atoms with Gasteiger partial charge in [0.15, 0.2) is 0 Å². The first kappa shape index (κ1) is 10.2. The first-order valence-corrected chi connectivity index (χ1v) is 4.97. The van der Waals surface area contributed by atoms with Gasteiger partial charge in [0, 0.05) is 5.69 Å². The average molecular weight is 198 g/mol. The van der Waals surface area contributed by atoms with E-state index in [9.17, 15) is 8.76 Å². The van der Waals surface area contributed by atoms with Crippen LogP contribution in [0.5, 0.6) is 0 Å². The second-order valence-electron chi connectivity index (χ2n) is 3.37. The molecule has 0 spiro atoms. The third-order valence-electron chi connectivity index (χ3n) is 2.02. The summed E-state index contributed by atoms with van der Waals surface area (Å²) >= 11 is -2.12. The van der Waals surface area contributed by atoms with E-state index in [1.54, 1.807) is 38.1 Å². The first-order chi connectivity index (χ1) is 5.94. The third kappa shape index (κ3) is 2.08. The summed E-state index contributed by atoms with van der Waals surface area (Å²) in [6.45, 7) is 3.31. The molecule has 0 bridgehead atoms. The first-order valence-electron chi connectivity index (χ1n) is 3.90. The van der Waals surface area contributed by atoms with E-state index in [2.05, 4.69) is 0 Å². The van der Waals surface area contributed by atoms with Crippen LogP contribution in [0.4, 0.5) is 5.69 Å². The van der Waals surface area contributed by atoms with Crippen molar-refractivity contribution in [3.05, 3.63) is 29.8 Å². The Bertz CT molecular complexity index is 319. The number of nitrogens with two attached hydrogens (primary N) is 1. The van der Waals surface area contributed by atoms with Crippen LogP contribution in [0.2, 0.25) is 0 Å². The van der Waals surface area contributed by atoms with E-state index >= 15 is 0 Å². The lowest BCUT2D eigenvalue weighted by atomic mass is 10.0. The van der Waals surface area contributed by atoms with Crippen molar-refractivity contribution in [2.45, 2.75) is 18.6 Å². The predicted octanol–water partition coefficient (Wildman–Crippen LogP) is 1.38. The van der Waals surface area contributed by atoms with Crippen LogP contribution in [0.25, 0.3) is 0 Å². The Morgan fingerprint density at radius 2 is 1.77 bits per heavy atom. The lowest BCUT2D eigenvalue weighted by Crippen LogP contribution is -2.23. The van der Waals surface area contributed by atoms with E-state index in [-0.39, 0.29) is 0 Å². The maximum Gasteiger partial charge on any atom is 0.0519 e. The summed E-state index contributed by atoms with van der Waals surface area (Å²) in [5, 5.41) is 0. The lowest BCUT2D eigenvalue weighted by molar-refractivity contribution is 0.500. The average Bonchev–Trinajstić information content (AvgIpc) is 2.04. The number of anilines is 1. The van der Waals surface area contributed by atoms with E-state index in [1.807, 2.05) is 0 Å². The molecule has 1 unspecified atom stereocenters. The topological polar surface area (TPSA) is 66.2 Å². The maximum absolute atomic E-state index is 10.9. The summed E-state index contributed by atoms with van der Waals surface area (Å²) in [7, 11) is 0. The van der Waals surface area contributed by atoms with Gasteiger partial charge in [-0.15, -0.1) is 0 Å². The quantitative estimate of drug-likeness (QED) is 0.576. The number of hydrogen-bond donors (Lipinski definition) is 1. The summed E-state index contributed by atoms with van der Waals surface area (Å²) < 4.78 is 20.9. The normalized spacial score (nSPS) is 14.1. The van der Waals surface area contributed by atoms with Crippen molar-refractivity contribution in [2.75, 3.05) is 5.73 Å². The predicted molar refractivity (Wildman–Crippen MR) is 52.8 cm³/mol. The second-order valence-corrected chi connectivity index (χ2v) is 4.86. The molecule has 4 heteroatoms. The van der Waals surface area contributed by atoms with Crippen LogP contribution < -0.4 is 5.73 Å². The van der Waals surface area contributed by atoms with Gasteiger partial charge in [0.1, 0.15) is 0 Å². The highest BCUT2D eigenvalue weighted by Crippen LogP contribution is 2.26. The molecule has 1 aromatic rings. The molecule has 0 aliphatic heterocycles. The molecule has 13 heavy (non-hydrogen) atoms. The molecule has 0 heterocycles. The monoisotopic (exact) mass is 198 g/mol. The van der Waals surface area contributed by atoms with Crippen molar-refractivity contribution in [3.8, 4) is 0 Å². The number of hydrogen-bond acceptors (Lipinski definition) is 3. The molecule has 1 rings (SSSR count). The smallest absolute Gasteiger partial charge is 0.0519 e. The molecule has 0 radical (unpaired) electrons. The summed E-state index contributed by atoms with van der Waals surface area (Å²) in [5.41, 5.74) is 6.87. The Hall–Kier alpha value is -0.870. The van der Waals surface area contributed by atoms with E-state index in [1.165, 1.54) is 0 Å². The molecule has 1 atom stereocenters. The minimum absolute atomic E-state index is 0.635.